The Labute approximate surface area is 362 Å². The third-order valence-electron chi connectivity index (χ3n) is 13.2. The highest BCUT2D eigenvalue weighted by atomic mass is 35.5. The van der Waals surface area contributed by atoms with E-state index in [1.807, 2.05) is 36.4 Å². The van der Waals surface area contributed by atoms with Crippen LogP contribution in [0.1, 0.15) is 73.7 Å². The molecule has 1 aliphatic carbocycles. The predicted octanol–water partition coefficient (Wildman–Crippen LogP) is 8.87. The van der Waals surface area contributed by atoms with Crippen molar-refractivity contribution in [2.75, 3.05) is 68.4 Å². The van der Waals surface area contributed by atoms with Gasteiger partial charge in [0.2, 0.25) is 0 Å². The van der Waals surface area contributed by atoms with E-state index in [0.29, 0.717) is 29.5 Å². The largest absolute Gasteiger partial charge is 0.455 e. The summed E-state index contributed by atoms with van der Waals surface area (Å²) in [5, 5.41) is 4.96. The highest BCUT2D eigenvalue weighted by Crippen LogP contribution is 2.44. The Kier molecular flexibility index (Phi) is 12.0. The van der Waals surface area contributed by atoms with Gasteiger partial charge in [-0.25, -0.2) is 18.1 Å². The lowest BCUT2D eigenvalue weighted by atomic mass is 9.77. The number of likely N-dealkylation sites (tertiary alicyclic amines) is 1. The molecule has 61 heavy (non-hydrogen) atoms. The summed E-state index contributed by atoms with van der Waals surface area (Å²) in [6, 6.07) is 21.9. The number of nitrogens with zero attached hydrogens (tertiary/aromatic N) is 3. The van der Waals surface area contributed by atoms with E-state index in [2.05, 4.69) is 41.9 Å². The Balaban J connectivity index is 0.895. The number of benzene rings is 3. The summed E-state index contributed by atoms with van der Waals surface area (Å²) in [6.45, 7) is 7.10. The lowest BCUT2D eigenvalue weighted by molar-refractivity contribution is 0.0699. The van der Waals surface area contributed by atoms with Crippen LogP contribution in [0.15, 0.2) is 95.7 Å². The van der Waals surface area contributed by atoms with Gasteiger partial charge in [0.25, 0.3) is 15.9 Å². The van der Waals surface area contributed by atoms with Crippen molar-refractivity contribution in [2.24, 2.45) is 11.3 Å². The van der Waals surface area contributed by atoms with Gasteiger partial charge in [0.1, 0.15) is 17.1 Å². The van der Waals surface area contributed by atoms with Crippen molar-refractivity contribution in [3.8, 4) is 11.5 Å². The summed E-state index contributed by atoms with van der Waals surface area (Å²) in [6.07, 6.45) is 13.4. The molecule has 1 spiro atoms. The normalized spacial score (nSPS) is 18.8. The van der Waals surface area contributed by atoms with E-state index in [-0.39, 0.29) is 27.3 Å². The average Bonchev–Trinajstić information content (AvgIpc) is 3.92. The molecule has 5 aromatic rings. The molecule has 0 bridgehead atoms. The van der Waals surface area contributed by atoms with Crippen molar-refractivity contribution in [2.45, 2.75) is 62.7 Å². The predicted molar refractivity (Wildman–Crippen MR) is 242 cm³/mol. The van der Waals surface area contributed by atoms with Gasteiger partial charge in [0, 0.05) is 67.8 Å². The maximum Gasteiger partial charge on any atom is 0.268 e. The number of aromatic nitrogens is 2. The number of H-pyrrole nitrogens is 1. The van der Waals surface area contributed by atoms with E-state index in [9.17, 15) is 13.2 Å². The minimum absolute atomic E-state index is 0.0846. The molecule has 0 atom stereocenters. The van der Waals surface area contributed by atoms with Crippen molar-refractivity contribution in [1.82, 2.24) is 19.6 Å². The molecule has 4 aliphatic rings. The molecule has 3 saturated heterocycles. The molecule has 320 valence electrons. The number of carbonyl (C=O) groups is 1. The maximum atomic E-state index is 13.9. The van der Waals surface area contributed by atoms with Crippen molar-refractivity contribution in [3.05, 3.63) is 107 Å². The van der Waals surface area contributed by atoms with Crippen LogP contribution in [0.5, 0.6) is 11.5 Å². The number of anilines is 3. The van der Waals surface area contributed by atoms with Crippen LogP contribution in [0.25, 0.3) is 16.6 Å². The number of ether oxygens (including phenoxy) is 2. The van der Waals surface area contributed by atoms with E-state index < -0.39 is 15.9 Å². The van der Waals surface area contributed by atoms with Crippen LogP contribution in [0, 0.1) is 11.3 Å². The number of nitrogens with one attached hydrogen (secondary N) is 3. The first kappa shape index (κ1) is 41.3. The molecule has 3 aromatic carbocycles. The fourth-order valence-corrected chi connectivity index (χ4v) is 10.7. The number of fused-ring (bicyclic) bond motifs is 1. The Morgan fingerprint density at radius 3 is 2.56 bits per heavy atom. The van der Waals surface area contributed by atoms with Crippen LogP contribution in [0.4, 0.5) is 17.1 Å². The molecular formula is C47H54ClN7O5S. The number of amides is 1. The van der Waals surface area contributed by atoms with Gasteiger partial charge in [0.05, 0.1) is 28.0 Å². The molecule has 5 N–H and O–H groups in total. The van der Waals surface area contributed by atoms with Gasteiger partial charge >= 0.3 is 0 Å². The molecule has 0 radical (unpaired) electrons. The third-order valence-corrected chi connectivity index (χ3v) is 14.8. The number of pyridine rings is 1. The highest BCUT2D eigenvalue weighted by molar-refractivity contribution is 7.90. The first-order chi connectivity index (χ1) is 29.6. The monoisotopic (exact) mass is 863 g/mol. The Morgan fingerprint density at radius 2 is 1.75 bits per heavy atom. The number of nitrogen functional groups attached to an aromatic ring is 1. The quantitative estimate of drug-likeness (QED) is 0.0895. The molecule has 3 fully saturated rings. The Hall–Kier alpha value is -5.08. The van der Waals surface area contributed by atoms with E-state index in [1.165, 1.54) is 36.1 Å². The van der Waals surface area contributed by atoms with Gasteiger partial charge in [-0.15, -0.1) is 0 Å². The van der Waals surface area contributed by atoms with E-state index in [0.717, 1.165) is 107 Å². The molecule has 12 nitrogen and oxygen atoms in total. The molecule has 9 rings (SSSR count). The van der Waals surface area contributed by atoms with Crippen LogP contribution < -0.4 is 25.4 Å². The molecule has 2 aromatic heterocycles. The standard InChI is InChI=1S/C47H54ClN7O5S/c48-36-7-5-33(6-8-36)40-4-2-1-3-35(40)30-54-20-16-47(17-21-54)18-22-55(31-47)37-9-11-41(44(26-37)60-38-25-34-13-19-50-45(34)52-29-38)46(56)53-61(57,58)39-10-12-43(42(49)27-39)51-28-32-14-23-59-24-15-32/h5-13,19,25-27,29,32,51H,1-4,14-18,20-24,28,30-31,49H2,(H,50,52)(H,53,56). The zero-order valence-corrected chi connectivity index (χ0v) is 36.0. The van der Waals surface area contributed by atoms with E-state index in [1.54, 1.807) is 30.1 Å². The first-order valence-corrected chi connectivity index (χ1v) is 23.4. The van der Waals surface area contributed by atoms with Crippen LogP contribution >= 0.6 is 11.6 Å². The summed E-state index contributed by atoms with van der Waals surface area (Å²) < 4.78 is 41.4. The van der Waals surface area contributed by atoms with Crippen molar-refractivity contribution >= 4 is 61.2 Å². The number of nitrogens with two attached hydrogens (primary N) is 1. The maximum absolute atomic E-state index is 13.9. The number of sulfonamides is 1. The molecular weight excluding hydrogens is 810 g/mol. The third kappa shape index (κ3) is 9.40. The number of piperidine rings is 1. The van der Waals surface area contributed by atoms with Crippen molar-refractivity contribution < 1.29 is 22.7 Å². The second-order valence-corrected chi connectivity index (χ2v) is 19.4. The molecule has 5 heterocycles. The number of carbonyl (C=O) groups excluding carboxylic acids is 1. The molecule has 1 amide bonds. The fraction of sp³-hybridized carbons (Fsp3) is 0.404. The number of hydrogen-bond donors (Lipinski definition) is 4. The van der Waals surface area contributed by atoms with Crippen LogP contribution in [-0.4, -0.2) is 81.7 Å². The number of halogens is 1. The summed E-state index contributed by atoms with van der Waals surface area (Å²) in [7, 11) is -4.29. The zero-order valence-electron chi connectivity index (χ0n) is 34.4. The lowest BCUT2D eigenvalue weighted by Crippen LogP contribution is -2.42. The second kappa shape index (κ2) is 17.7. The molecule has 14 heteroatoms. The topological polar surface area (TPSA) is 155 Å². The summed E-state index contributed by atoms with van der Waals surface area (Å²) >= 11 is 6.22. The van der Waals surface area contributed by atoms with Crippen LogP contribution in [-0.2, 0) is 14.8 Å². The van der Waals surface area contributed by atoms with Crippen LogP contribution in [0.3, 0.4) is 0 Å². The SMILES string of the molecule is Nc1cc(S(=O)(=O)NC(=O)c2ccc(N3CCC4(CCN(CC5=C(c6ccc(Cl)cc6)CCCC5)CC4)C3)cc2Oc2cnc3[nH]ccc3c2)ccc1NCC1CCOCC1. The van der Waals surface area contributed by atoms with Crippen LogP contribution in [0.2, 0.25) is 5.02 Å². The molecule has 3 aliphatic heterocycles. The summed E-state index contributed by atoms with van der Waals surface area (Å²) in [5.41, 5.74) is 13.5. The van der Waals surface area contributed by atoms with Crippen molar-refractivity contribution in [3.63, 3.8) is 0 Å². The summed E-state index contributed by atoms with van der Waals surface area (Å²) in [4.78, 5) is 26.4. The second-order valence-electron chi connectivity index (χ2n) is 17.2. The van der Waals surface area contributed by atoms with Gasteiger partial charge in [0.15, 0.2) is 0 Å². The van der Waals surface area contributed by atoms with Gasteiger partial charge in [-0.05, 0) is 148 Å². The lowest BCUT2D eigenvalue weighted by Gasteiger charge is -2.40. The van der Waals surface area contributed by atoms with Gasteiger partial charge in [-0.3, -0.25) is 9.69 Å². The summed E-state index contributed by atoms with van der Waals surface area (Å²) in [5.74, 6) is 0.307. The number of hydrogen-bond acceptors (Lipinski definition) is 10. The fourth-order valence-electron chi connectivity index (χ4n) is 9.55. The van der Waals surface area contributed by atoms with E-state index >= 15 is 0 Å². The van der Waals surface area contributed by atoms with Gasteiger partial charge in [-0.2, -0.15) is 0 Å². The van der Waals surface area contributed by atoms with Crippen molar-refractivity contribution in [1.29, 1.82) is 0 Å². The Bertz CT molecular complexity index is 2530. The number of rotatable bonds is 12. The number of allylic oxidation sites excluding steroid dienone is 1. The smallest absolute Gasteiger partial charge is 0.268 e. The van der Waals surface area contributed by atoms with Gasteiger partial charge < -0.3 is 30.4 Å². The molecule has 0 unspecified atom stereocenters. The highest BCUT2D eigenvalue weighted by Gasteiger charge is 2.41. The minimum atomic E-state index is -4.29. The minimum Gasteiger partial charge on any atom is -0.455 e. The first-order valence-electron chi connectivity index (χ1n) is 21.6. The average molecular weight is 865 g/mol. The van der Waals surface area contributed by atoms with E-state index in [4.69, 9.17) is 26.8 Å². The Morgan fingerprint density at radius 1 is 0.967 bits per heavy atom. The van der Waals surface area contributed by atoms with Gasteiger partial charge in [-0.1, -0.05) is 29.3 Å². The number of aromatic amines is 1. The molecule has 0 saturated carbocycles. The zero-order chi connectivity index (χ0) is 42.0.